The molecule has 3 aromatic rings. The van der Waals surface area contributed by atoms with Gasteiger partial charge in [-0.25, -0.2) is 13.8 Å². The predicted molar refractivity (Wildman–Crippen MR) is 98.4 cm³/mol. The Bertz CT molecular complexity index is 958. The quantitative estimate of drug-likeness (QED) is 0.689. The topological polar surface area (TPSA) is 54.0 Å². The lowest BCUT2D eigenvalue weighted by Crippen LogP contribution is -2.23. The van der Waals surface area contributed by atoms with Crippen molar-refractivity contribution >= 4 is 34.2 Å². The van der Waals surface area contributed by atoms with E-state index in [9.17, 15) is 13.6 Å². The smallest absolute Gasteiger partial charge is 0.253 e. The number of rotatable bonds is 5. The molecule has 7 heteroatoms. The number of aromatic nitrogens is 1. The van der Waals surface area contributed by atoms with E-state index in [2.05, 4.69) is 15.6 Å². The van der Waals surface area contributed by atoms with Crippen LogP contribution in [0, 0.1) is 11.6 Å². The number of anilines is 1. The molecule has 4 nitrogen and oxygen atoms in total. The van der Waals surface area contributed by atoms with Crippen LogP contribution in [-0.2, 0) is 6.54 Å². The Balaban J connectivity index is 1.87. The van der Waals surface area contributed by atoms with Crippen LogP contribution in [0.4, 0.5) is 14.6 Å². The number of hydrogen-bond donors (Lipinski definition) is 2. The second-order valence-corrected chi connectivity index (χ2v) is 6.08. The van der Waals surface area contributed by atoms with Crippen LogP contribution < -0.4 is 10.6 Å². The number of nitrogens with one attached hydrogen (secondary N) is 2. The molecular formula is C19H16ClF2N3O. The van der Waals surface area contributed by atoms with E-state index >= 15 is 0 Å². The SMILES string of the molecule is CCNC(=O)c1c(Cl)ccc2nc(NCc3cc(F)cc(F)c3)ccc12. The summed E-state index contributed by atoms with van der Waals surface area (Å²) in [5.41, 5.74) is 1.42. The number of carbonyl (C=O) groups is 1. The van der Waals surface area contributed by atoms with Crippen molar-refractivity contribution in [2.45, 2.75) is 13.5 Å². The van der Waals surface area contributed by atoms with Crippen LogP contribution in [0.2, 0.25) is 5.02 Å². The largest absolute Gasteiger partial charge is 0.366 e. The summed E-state index contributed by atoms with van der Waals surface area (Å²) in [6, 6.07) is 10.1. The first-order valence-corrected chi connectivity index (χ1v) is 8.42. The van der Waals surface area contributed by atoms with Gasteiger partial charge in [-0.3, -0.25) is 4.79 Å². The lowest BCUT2D eigenvalue weighted by atomic mass is 10.1. The van der Waals surface area contributed by atoms with Gasteiger partial charge in [0.05, 0.1) is 16.1 Å². The van der Waals surface area contributed by atoms with Crippen molar-refractivity contribution in [1.82, 2.24) is 10.3 Å². The molecule has 1 amide bonds. The standard InChI is InChI=1S/C19H16ClF2N3O/c1-2-23-19(26)18-14-3-6-17(25-16(14)5-4-15(18)20)24-10-11-7-12(21)9-13(22)8-11/h3-9H,2,10H2,1H3,(H,23,26)(H,24,25). The maximum absolute atomic E-state index is 13.2. The van der Waals surface area contributed by atoms with Crippen molar-refractivity contribution in [1.29, 1.82) is 0 Å². The van der Waals surface area contributed by atoms with E-state index in [-0.39, 0.29) is 12.5 Å². The Kier molecular flexibility index (Phi) is 5.32. The van der Waals surface area contributed by atoms with Crippen LogP contribution in [-0.4, -0.2) is 17.4 Å². The van der Waals surface area contributed by atoms with E-state index in [0.717, 1.165) is 6.07 Å². The summed E-state index contributed by atoms with van der Waals surface area (Å²) in [5, 5.41) is 6.73. The zero-order chi connectivity index (χ0) is 18.7. The van der Waals surface area contributed by atoms with Crippen LogP contribution in [0.3, 0.4) is 0 Å². The highest BCUT2D eigenvalue weighted by atomic mass is 35.5. The molecule has 2 N–H and O–H groups in total. The van der Waals surface area contributed by atoms with Gasteiger partial charge in [-0.05, 0) is 48.9 Å². The van der Waals surface area contributed by atoms with Crippen molar-refractivity contribution in [2.24, 2.45) is 0 Å². The Hall–Kier alpha value is -2.73. The maximum atomic E-state index is 13.2. The first kappa shape index (κ1) is 18.1. The van der Waals surface area contributed by atoms with Gasteiger partial charge >= 0.3 is 0 Å². The van der Waals surface area contributed by atoms with Gasteiger partial charge in [0.25, 0.3) is 5.91 Å². The van der Waals surface area contributed by atoms with Gasteiger partial charge in [0.15, 0.2) is 0 Å². The number of carbonyl (C=O) groups excluding carboxylic acids is 1. The number of halogens is 3. The summed E-state index contributed by atoms with van der Waals surface area (Å²) in [7, 11) is 0. The molecule has 1 heterocycles. The fraction of sp³-hybridized carbons (Fsp3) is 0.158. The molecule has 1 aromatic heterocycles. The molecule has 0 atom stereocenters. The van der Waals surface area contributed by atoms with Crippen molar-refractivity contribution in [3.05, 3.63) is 70.2 Å². The minimum absolute atomic E-state index is 0.212. The van der Waals surface area contributed by atoms with Crippen molar-refractivity contribution in [2.75, 3.05) is 11.9 Å². The molecular weight excluding hydrogens is 360 g/mol. The molecule has 134 valence electrons. The number of fused-ring (bicyclic) bond motifs is 1. The van der Waals surface area contributed by atoms with Crippen LogP contribution in [0.5, 0.6) is 0 Å². The zero-order valence-corrected chi connectivity index (χ0v) is 14.7. The predicted octanol–water partition coefficient (Wildman–Crippen LogP) is 4.53. The summed E-state index contributed by atoms with van der Waals surface area (Å²) in [4.78, 5) is 16.7. The molecule has 0 aliphatic carbocycles. The van der Waals surface area contributed by atoms with Crippen LogP contribution in [0.25, 0.3) is 10.9 Å². The van der Waals surface area contributed by atoms with E-state index in [1.807, 2.05) is 6.92 Å². The average Bonchev–Trinajstić information content (AvgIpc) is 2.59. The molecule has 0 radical (unpaired) electrons. The average molecular weight is 376 g/mol. The number of pyridine rings is 1. The number of hydrogen-bond acceptors (Lipinski definition) is 3. The molecule has 0 aliphatic rings. The molecule has 3 rings (SSSR count). The highest BCUT2D eigenvalue weighted by molar-refractivity contribution is 6.35. The Labute approximate surface area is 154 Å². The van der Waals surface area contributed by atoms with E-state index in [1.165, 1.54) is 12.1 Å². The van der Waals surface area contributed by atoms with Gasteiger partial charge in [0.2, 0.25) is 0 Å². The molecule has 0 saturated heterocycles. The van der Waals surface area contributed by atoms with Gasteiger partial charge < -0.3 is 10.6 Å². The Morgan fingerprint density at radius 1 is 1.12 bits per heavy atom. The molecule has 0 saturated carbocycles. The zero-order valence-electron chi connectivity index (χ0n) is 13.9. The summed E-state index contributed by atoms with van der Waals surface area (Å²) in [6.07, 6.45) is 0. The highest BCUT2D eigenvalue weighted by Crippen LogP contribution is 2.26. The van der Waals surface area contributed by atoms with Gasteiger partial charge in [-0.15, -0.1) is 0 Å². The minimum atomic E-state index is -0.630. The van der Waals surface area contributed by atoms with E-state index in [1.54, 1.807) is 24.3 Å². The molecule has 0 fully saturated rings. The monoisotopic (exact) mass is 375 g/mol. The molecule has 26 heavy (non-hydrogen) atoms. The molecule has 0 bridgehead atoms. The second-order valence-electron chi connectivity index (χ2n) is 5.68. The third kappa shape index (κ3) is 3.91. The van der Waals surface area contributed by atoms with Crippen LogP contribution >= 0.6 is 11.6 Å². The Morgan fingerprint density at radius 2 is 1.85 bits per heavy atom. The van der Waals surface area contributed by atoms with E-state index in [4.69, 9.17) is 11.6 Å². The number of benzene rings is 2. The summed E-state index contributed by atoms with van der Waals surface area (Å²) >= 11 is 6.17. The highest BCUT2D eigenvalue weighted by Gasteiger charge is 2.15. The van der Waals surface area contributed by atoms with Gasteiger partial charge in [-0.2, -0.15) is 0 Å². The van der Waals surface area contributed by atoms with Crippen molar-refractivity contribution in [3.8, 4) is 0 Å². The van der Waals surface area contributed by atoms with Gasteiger partial charge in [0, 0.05) is 24.5 Å². The normalized spacial score (nSPS) is 10.8. The second kappa shape index (κ2) is 7.66. The van der Waals surface area contributed by atoms with E-state index < -0.39 is 11.6 Å². The fourth-order valence-corrected chi connectivity index (χ4v) is 2.91. The molecule has 0 aliphatic heterocycles. The summed E-state index contributed by atoms with van der Waals surface area (Å²) in [6.45, 7) is 2.53. The van der Waals surface area contributed by atoms with Gasteiger partial charge in [-0.1, -0.05) is 11.6 Å². The minimum Gasteiger partial charge on any atom is -0.366 e. The maximum Gasteiger partial charge on any atom is 0.253 e. The molecule has 2 aromatic carbocycles. The fourth-order valence-electron chi connectivity index (χ4n) is 2.66. The third-order valence-electron chi connectivity index (χ3n) is 3.78. The van der Waals surface area contributed by atoms with E-state index in [0.29, 0.717) is 39.4 Å². The first-order chi connectivity index (χ1) is 12.5. The molecule has 0 unspecified atom stereocenters. The lowest BCUT2D eigenvalue weighted by molar-refractivity contribution is 0.0957. The number of amides is 1. The molecule has 0 spiro atoms. The van der Waals surface area contributed by atoms with Gasteiger partial charge in [0.1, 0.15) is 17.5 Å². The lowest BCUT2D eigenvalue weighted by Gasteiger charge is -2.11. The summed E-state index contributed by atoms with van der Waals surface area (Å²) in [5.74, 6) is -1.00. The number of nitrogens with zero attached hydrogens (tertiary/aromatic N) is 1. The summed E-state index contributed by atoms with van der Waals surface area (Å²) < 4.78 is 26.5. The van der Waals surface area contributed by atoms with Crippen molar-refractivity contribution < 1.29 is 13.6 Å². The third-order valence-corrected chi connectivity index (χ3v) is 4.10. The first-order valence-electron chi connectivity index (χ1n) is 8.04. The van der Waals surface area contributed by atoms with Crippen molar-refractivity contribution in [3.63, 3.8) is 0 Å². The van der Waals surface area contributed by atoms with Crippen LogP contribution in [0.1, 0.15) is 22.8 Å². The van der Waals surface area contributed by atoms with Crippen LogP contribution in [0.15, 0.2) is 42.5 Å². The Morgan fingerprint density at radius 3 is 2.54 bits per heavy atom.